The highest BCUT2D eigenvalue weighted by molar-refractivity contribution is 7.71. The first-order valence-electron chi connectivity index (χ1n) is 8.04. The third-order valence-electron chi connectivity index (χ3n) is 3.96. The second-order valence-electron chi connectivity index (χ2n) is 5.97. The van der Waals surface area contributed by atoms with E-state index in [0.717, 1.165) is 10.5 Å². The van der Waals surface area contributed by atoms with Crippen molar-refractivity contribution in [3.05, 3.63) is 70.5 Å². The number of fused-ring (bicyclic) bond motifs is 1. The Morgan fingerprint density at radius 3 is 2.73 bits per heavy atom. The minimum Gasteiger partial charge on any atom is -0.281 e. The Hall–Kier alpha value is -2.42. The van der Waals surface area contributed by atoms with Crippen LogP contribution in [0.4, 0.5) is 4.39 Å². The van der Waals surface area contributed by atoms with Crippen molar-refractivity contribution in [1.29, 1.82) is 0 Å². The second kappa shape index (κ2) is 7.06. The van der Waals surface area contributed by atoms with E-state index in [-0.39, 0.29) is 5.82 Å². The van der Waals surface area contributed by atoms with Gasteiger partial charge in [0.05, 0.1) is 29.1 Å². The highest BCUT2D eigenvalue weighted by atomic mass is 32.1. The van der Waals surface area contributed by atoms with Gasteiger partial charge in [0.1, 0.15) is 17.2 Å². The molecular weight excluding hydrogens is 369 g/mol. The van der Waals surface area contributed by atoms with Gasteiger partial charge in [-0.3, -0.25) is 9.47 Å². The van der Waals surface area contributed by atoms with Crippen LogP contribution >= 0.6 is 23.6 Å². The summed E-state index contributed by atoms with van der Waals surface area (Å²) in [6.07, 6.45) is 1.55. The molecule has 0 radical (unpaired) electrons. The first-order chi connectivity index (χ1) is 12.6. The summed E-state index contributed by atoms with van der Waals surface area (Å²) in [5.41, 5.74) is 1.42. The molecule has 0 fully saturated rings. The molecule has 4 rings (SSSR count). The molecule has 0 atom stereocenters. The minimum atomic E-state index is -0.328. The number of para-hydroxylation sites is 2. The van der Waals surface area contributed by atoms with Crippen LogP contribution in [0.1, 0.15) is 5.01 Å². The molecule has 0 spiro atoms. The number of benzene rings is 2. The van der Waals surface area contributed by atoms with Gasteiger partial charge in [0.25, 0.3) is 0 Å². The van der Waals surface area contributed by atoms with Gasteiger partial charge in [-0.25, -0.2) is 14.1 Å². The Bertz CT molecular complexity index is 1080. The number of halogens is 1. The molecule has 8 heteroatoms. The topological polar surface area (TPSA) is 38.9 Å². The van der Waals surface area contributed by atoms with E-state index < -0.39 is 0 Å². The summed E-state index contributed by atoms with van der Waals surface area (Å²) in [6, 6.07) is 14.6. The molecule has 0 aliphatic rings. The molecule has 0 saturated carbocycles. The maximum Gasteiger partial charge on any atom is 0.203 e. The van der Waals surface area contributed by atoms with Crippen LogP contribution in [0.2, 0.25) is 0 Å². The Morgan fingerprint density at radius 1 is 1.15 bits per heavy atom. The summed E-state index contributed by atoms with van der Waals surface area (Å²) in [7, 11) is 1.98. The SMILES string of the molecule is CN(Cc1nc2ccccc2s1)Cn1ncn(-c2ccccc2F)c1=S. The number of hydrogen-bond acceptors (Lipinski definition) is 5. The molecular formula is C18H16FN5S2. The van der Waals surface area contributed by atoms with E-state index in [1.54, 1.807) is 45.1 Å². The molecule has 2 heterocycles. The van der Waals surface area contributed by atoms with Gasteiger partial charge in [-0.05, 0) is 43.5 Å². The van der Waals surface area contributed by atoms with Crippen molar-refractivity contribution < 1.29 is 4.39 Å². The summed E-state index contributed by atoms with van der Waals surface area (Å²) in [5.74, 6) is -0.328. The zero-order valence-corrected chi connectivity index (χ0v) is 15.7. The molecule has 2 aromatic carbocycles. The summed E-state index contributed by atoms with van der Waals surface area (Å²) in [5, 5.41) is 5.34. The normalized spacial score (nSPS) is 11.5. The maximum absolute atomic E-state index is 14.0. The molecule has 0 N–H and O–H groups in total. The molecule has 0 unspecified atom stereocenters. The molecule has 132 valence electrons. The molecule has 4 aromatic rings. The van der Waals surface area contributed by atoms with Crippen LogP contribution in [-0.2, 0) is 13.2 Å². The standard InChI is InChI=1S/C18H16FN5S2/c1-22(10-17-21-14-7-3-5-9-16(14)26-17)12-24-18(25)23(11-20-24)15-8-4-2-6-13(15)19/h2-9,11H,10,12H2,1H3. The number of nitrogens with zero attached hydrogens (tertiary/aromatic N) is 5. The van der Waals surface area contributed by atoms with Crippen molar-refractivity contribution in [3.8, 4) is 5.69 Å². The van der Waals surface area contributed by atoms with E-state index in [4.69, 9.17) is 12.2 Å². The number of rotatable bonds is 5. The summed E-state index contributed by atoms with van der Waals surface area (Å²) in [6.45, 7) is 1.18. The quantitative estimate of drug-likeness (QED) is 0.482. The lowest BCUT2D eigenvalue weighted by molar-refractivity contribution is 0.244. The predicted molar refractivity (Wildman–Crippen MR) is 103 cm³/mol. The predicted octanol–water partition coefficient (Wildman–Crippen LogP) is 4.24. The van der Waals surface area contributed by atoms with Gasteiger partial charge in [-0.15, -0.1) is 11.3 Å². The van der Waals surface area contributed by atoms with E-state index >= 15 is 0 Å². The van der Waals surface area contributed by atoms with E-state index in [2.05, 4.69) is 21.0 Å². The summed E-state index contributed by atoms with van der Waals surface area (Å²) in [4.78, 5) is 6.72. The lowest BCUT2D eigenvalue weighted by Gasteiger charge is -2.14. The van der Waals surface area contributed by atoms with Crippen LogP contribution in [-0.4, -0.2) is 31.3 Å². The van der Waals surface area contributed by atoms with Gasteiger partial charge in [-0.1, -0.05) is 24.3 Å². The number of hydrogen-bond donors (Lipinski definition) is 0. The van der Waals surface area contributed by atoms with Crippen molar-refractivity contribution in [2.45, 2.75) is 13.2 Å². The van der Waals surface area contributed by atoms with Crippen molar-refractivity contribution >= 4 is 33.8 Å². The highest BCUT2D eigenvalue weighted by Gasteiger charge is 2.11. The zero-order chi connectivity index (χ0) is 18.1. The van der Waals surface area contributed by atoms with Crippen LogP contribution in [0.3, 0.4) is 0 Å². The fourth-order valence-corrected chi connectivity index (χ4v) is 4.04. The fourth-order valence-electron chi connectivity index (χ4n) is 2.74. The van der Waals surface area contributed by atoms with Crippen molar-refractivity contribution in [2.75, 3.05) is 7.05 Å². The number of thiazole rings is 1. The lowest BCUT2D eigenvalue weighted by atomic mass is 10.3. The average Bonchev–Trinajstić information content (AvgIpc) is 3.19. The zero-order valence-electron chi connectivity index (χ0n) is 14.0. The van der Waals surface area contributed by atoms with Crippen LogP contribution in [0, 0.1) is 10.6 Å². The average molecular weight is 385 g/mol. The third-order valence-corrected chi connectivity index (χ3v) is 5.39. The molecule has 0 bridgehead atoms. The smallest absolute Gasteiger partial charge is 0.203 e. The van der Waals surface area contributed by atoms with Gasteiger partial charge >= 0.3 is 0 Å². The Kier molecular flexibility index (Phi) is 4.62. The van der Waals surface area contributed by atoms with Crippen molar-refractivity contribution in [1.82, 2.24) is 24.2 Å². The fraction of sp³-hybridized carbons (Fsp3) is 0.167. The van der Waals surface area contributed by atoms with Crippen LogP contribution in [0.15, 0.2) is 54.9 Å². The Labute approximate surface area is 159 Å². The molecule has 0 aliphatic heterocycles. The van der Waals surface area contributed by atoms with Crippen molar-refractivity contribution in [3.63, 3.8) is 0 Å². The first kappa shape index (κ1) is 17.0. The monoisotopic (exact) mass is 385 g/mol. The van der Waals surface area contributed by atoms with E-state index in [1.165, 1.54) is 10.8 Å². The molecule has 26 heavy (non-hydrogen) atoms. The minimum absolute atomic E-state index is 0.328. The first-order valence-corrected chi connectivity index (χ1v) is 9.26. The van der Waals surface area contributed by atoms with Gasteiger partial charge in [0, 0.05) is 0 Å². The molecule has 0 aliphatic carbocycles. The maximum atomic E-state index is 14.0. The Morgan fingerprint density at radius 2 is 1.92 bits per heavy atom. The molecule has 5 nitrogen and oxygen atoms in total. The van der Waals surface area contributed by atoms with E-state index in [1.807, 2.05) is 25.2 Å². The molecule has 0 amide bonds. The van der Waals surface area contributed by atoms with Crippen LogP contribution in [0.25, 0.3) is 15.9 Å². The second-order valence-corrected chi connectivity index (χ2v) is 7.45. The van der Waals surface area contributed by atoms with Gasteiger partial charge in [0.2, 0.25) is 4.77 Å². The highest BCUT2D eigenvalue weighted by Crippen LogP contribution is 2.22. The van der Waals surface area contributed by atoms with E-state index in [0.29, 0.717) is 23.7 Å². The van der Waals surface area contributed by atoms with Crippen LogP contribution in [0.5, 0.6) is 0 Å². The number of aromatic nitrogens is 4. The van der Waals surface area contributed by atoms with Crippen molar-refractivity contribution in [2.24, 2.45) is 0 Å². The van der Waals surface area contributed by atoms with E-state index in [9.17, 15) is 4.39 Å². The van der Waals surface area contributed by atoms with Gasteiger partial charge < -0.3 is 0 Å². The van der Waals surface area contributed by atoms with Crippen LogP contribution < -0.4 is 0 Å². The molecule has 2 aromatic heterocycles. The largest absolute Gasteiger partial charge is 0.281 e. The Balaban J connectivity index is 1.52. The summed E-state index contributed by atoms with van der Waals surface area (Å²) < 4.78 is 18.9. The molecule has 0 saturated heterocycles. The van der Waals surface area contributed by atoms with Gasteiger partial charge in [-0.2, -0.15) is 5.10 Å². The third kappa shape index (κ3) is 3.31. The lowest BCUT2D eigenvalue weighted by Crippen LogP contribution is -2.22. The summed E-state index contributed by atoms with van der Waals surface area (Å²) >= 11 is 7.14. The van der Waals surface area contributed by atoms with Gasteiger partial charge in [0.15, 0.2) is 0 Å².